The second-order valence-electron chi connectivity index (χ2n) is 5.76. The number of benzene rings is 1. The third-order valence-electron chi connectivity index (χ3n) is 3.89. The topological polar surface area (TPSA) is 68.1 Å². The zero-order valence-electron chi connectivity index (χ0n) is 14.4. The summed E-state index contributed by atoms with van der Waals surface area (Å²) in [7, 11) is -1.45. The van der Waals surface area contributed by atoms with E-state index in [0.717, 1.165) is 29.5 Å². The van der Waals surface area contributed by atoms with E-state index in [2.05, 4.69) is 16.9 Å². The molecule has 2 aromatic heterocycles. The van der Waals surface area contributed by atoms with Crippen molar-refractivity contribution in [2.45, 2.75) is 24.7 Å². The van der Waals surface area contributed by atoms with Crippen LogP contribution in [0.1, 0.15) is 19.2 Å². The highest BCUT2D eigenvalue weighted by atomic mass is 32.2. The minimum Gasteiger partial charge on any atom is -0.321 e. The Bertz CT molecular complexity index is 962. The fourth-order valence-electron chi connectivity index (χ4n) is 2.67. The van der Waals surface area contributed by atoms with Gasteiger partial charge in [0.25, 0.3) is 0 Å². The van der Waals surface area contributed by atoms with Gasteiger partial charge in [-0.05, 0) is 24.6 Å². The first-order valence-corrected chi connectivity index (χ1v) is 10.7. The Morgan fingerprint density at radius 3 is 2.68 bits per heavy atom. The molecule has 0 N–H and O–H groups in total. The Balaban J connectivity index is 2.16. The number of imidazole rings is 1. The molecule has 0 amide bonds. The molecule has 0 aliphatic carbocycles. The number of aromatic nitrogens is 3. The molecular weight excluding hydrogens is 356 g/mol. The highest BCUT2D eigenvalue weighted by Gasteiger charge is 2.19. The molecule has 2 heterocycles. The maximum atomic E-state index is 12.3. The molecule has 132 valence electrons. The van der Waals surface area contributed by atoms with Crippen molar-refractivity contribution < 1.29 is 8.42 Å². The smallest absolute Gasteiger partial charge is 0.189 e. The summed E-state index contributed by atoms with van der Waals surface area (Å²) >= 11 is 1.53. The molecule has 3 rings (SSSR count). The van der Waals surface area contributed by atoms with Crippen molar-refractivity contribution in [2.24, 2.45) is 0 Å². The fourth-order valence-corrected chi connectivity index (χ4v) is 4.15. The number of rotatable bonds is 6. The highest BCUT2D eigenvalue weighted by Crippen LogP contribution is 2.31. The fraction of sp³-hybridized carbons (Fsp3) is 0.294. The van der Waals surface area contributed by atoms with Gasteiger partial charge in [0, 0.05) is 49.4 Å². The third-order valence-corrected chi connectivity index (χ3v) is 5.88. The van der Waals surface area contributed by atoms with Crippen molar-refractivity contribution in [3.05, 3.63) is 48.0 Å². The molecule has 6 nitrogen and oxygen atoms in total. The van der Waals surface area contributed by atoms with Crippen molar-refractivity contribution in [1.29, 1.82) is 0 Å². The van der Waals surface area contributed by atoms with Crippen LogP contribution in [-0.4, -0.2) is 36.3 Å². The first-order chi connectivity index (χ1) is 11.9. The Morgan fingerprint density at radius 1 is 1.24 bits per heavy atom. The SMILES string of the molecule is CCCc1nccn1-c1cc(N(C)c2nccs2)ccc1S(C)(=O)=O. The maximum absolute atomic E-state index is 12.3. The number of hydrogen-bond acceptors (Lipinski definition) is 6. The summed E-state index contributed by atoms with van der Waals surface area (Å²) in [6, 6.07) is 5.33. The molecule has 0 saturated carbocycles. The molecule has 0 radical (unpaired) electrons. The van der Waals surface area contributed by atoms with Crippen LogP contribution < -0.4 is 4.90 Å². The summed E-state index contributed by atoms with van der Waals surface area (Å²) in [6.07, 6.45) is 8.20. The van der Waals surface area contributed by atoms with Crippen molar-refractivity contribution in [2.75, 3.05) is 18.2 Å². The number of hydrogen-bond donors (Lipinski definition) is 0. The Kier molecular flexibility index (Phi) is 4.91. The molecule has 0 unspecified atom stereocenters. The lowest BCUT2D eigenvalue weighted by Crippen LogP contribution is -2.12. The summed E-state index contributed by atoms with van der Waals surface area (Å²) in [5, 5.41) is 2.75. The van der Waals surface area contributed by atoms with Gasteiger partial charge in [-0.3, -0.25) is 0 Å². The quantitative estimate of drug-likeness (QED) is 0.659. The van der Waals surface area contributed by atoms with Gasteiger partial charge in [0.05, 0.1) is 10.6 Å². The molecule has 0 aliphatic heterocycles. The largest absolute Gasteiger partial charge is 0.321 e. The van der Waals surface area contributed by atoms with Gasteiger partial charge in [-0.1, -0.05) is 6.92 Å². The van der Waals surface area contributed by atoms with E-state index in [1.807, 2.05) is 34.2 Å². The predicted molar refractivity (Wildman–Crippen MR) is 101 cm³/mol. The van der Waals surface area contributed by atoms with Gasteiger partial charge in [-0.25, -0.2) is 18.4 Å². The molecule has 1 aromatic carbocycles. The number of sulfone groups is 1. The number of anilines is 2. The minimum absolute atomic E-state index is 0.291. The summed E-state index contributed by atoms with van der Waals surface area (Å²) in [4.78, 5) is 10.9. The predicted octanol–water partition coefficient (Wildman–Crippen LogP) is 3.45. The average molecular weight is 377 g/mol. The van der Waals surface area contributed by atoms with E-state index < -0.39 is 9.84 Å². The van der Waals surface area contributed by atoms with Crippen LogP contribution in [0.15, 0.2) is 47.1 Å². The summed E-state index contributed by atoms with van der Waals surface area (Å²) in [6.45, 7) is 2.07. The number of aryl methyl sites for hydroxylation is 1. The van der Waals surface area contributed by atoms with Gasteiger partial charge in [-0.2, -0.15) is 0 Å². The molecule has 0 aliphatic rings. The minimum atomic E-state index is -3.37. The van der Waals surface area contributed by atoms with Gasteiger partial charge < -0.3 is 9.47 Å². The molecule has 0 fully saturated rings. The second kappa shape index (κ2) is 6.97. The molecular formula is C17H20N4O2S2. The van der Waals surface area contributed by atoms with Crippen LogP contribution in [0.4, 0.5) is 10.8 Å². The Labute approximate surface area is 151 Å². The van der Waals surface area contributed by atoms with Crippen molar-refractivity contribution in [1.82, 2.24) is 14.5 Å². The molecule has 0 atom stereocenters. The molecule has 0 spiro atoms. The zero-order chi connectivity index (χ0) is 18.0. The average Bonchev–Trinajstić information content (AvgIpc) is 3.25. The van der Waals surface area contributed by atoms with Crippen LogP contribution in [0.5, 0.6) is 0 Å². The summed E-state index contributed by atoms with van der Waals surface area (Å²) < 4.78 is 26.4. The molecule has 25 heavy (non-hydrogen) atoms. The number of thiazole rings is 1. The molecule has 0 bridgehead atoms. The van der Waals surface area contributed by atoms with Gasteiger partial charge in [0.2, 0.25) is 0 Å². The summed E-state index contributed by atoms with van der Waals surface area (Å²) in [5.41, 5.74) is 1.48. The zero-order valence-corrected chi connectivity index (χ0v) is 16.0. The van der Waals surface area contributed by atoms with Crippen LogP contribution in [0.25, 0.3) is 5.69 Å². The van der Waals surface area contributed by atoms with E-state index in [9.17, 15) is 8.42 Å². The van der Waals surface area contributed by atoms with E-state index in [0.29, 0.717) is 10.6 Å². The maximum Gasteiger partial charge on any atom is 0.189 e. The Hall–Kier alpha value is -2.19. The molecule has 8 heteroatoms. The van der Waals surface area contributed by atoms with Crippen molar-refractivity contribution in [3.63, 3.8) is 0 Å². The lowest BCUT2D eigenvalue weighted by atomic mass is 10.2. The monoisotopic (exact) mass is 376 g/mol. The summed E-state index contributed by atoms with van der Waals surface area (Å²) in [5.74, 6) is 0.849. The van der Waals surface area contributed by atoms with Gasteiger partial charge >= 0.3 is 0 Å². The second-order valence-corrected chi connectivity index (χ2v) is 8.62. The lowest BCUT2D eigenvalue weighted by Gasteiger charge is -2.19. The van der Waals surface area contributed by atoms with Crippen LogP contribution in [-0.2, 0) is 16.3 Å². The molecule has 3 aromatic rings. The van der Waals surface area contributed by atoms with Gasteiger partial charge in [0.15, 0.2) is 15.0 Å². The van der Waals surface area contributed by atoms with Crippen LogP contribution in [0.3, 0.4) is 0 Å². The van der Waals surface area contributed by atoms with E-state index in [4.69, 9.17) is 0 Å². The van der Waals surface area contributed by atoms with Gasteiger partial charge in [-0.15, -0.1) is 11.3 Å². The van der Waals surface area contributed by atoms with Crippen molar-refractivity contribution >= 4 is 32.0 Å². The van der Waals surface area contributed by atoms with Crippen LogP contribution >= 0.6 is 11.3 Å². The standard InChI is InChI=1S/C17H20N4O2S2/c1-4-5-16-18-8-10-21(16)14-12-13(6-7-15(14)25(3,22)23)20(2)17-19-9-11-24-17/h6-12H,4-5H2,1-3H3. The van der Waals surface area contributed by atoms with Crippen LogP contribution in [0, 0.1) is 0 Å². The van der Waals surface area contributed by atoms with Crippen molar-refractivity contribution in [3.8, 4) is 5.69 Å². The Morgan fingerprint density at radius 2 is 2.04 bits per heavy atom. The third kappa shape index (κ3) is 3.59. The van der Waals surface area contributed by atoms with E-state index in [-0.39, 0.29) is 0 Å². The lowest BCUT2D eigenvalue weighted by molar-refractivity contribution is 0.601. The van der Waals surface area contributed by atoms with E-state index in [1.165, 1.54) is 17.6 Å². The highest BCUT2D eigenvalue weighted by molar-refractivity contribution is 7.90. The van der Waals surface area contributed by atoms with E-state index >= 15 is 0 Å². The molecule has 0 saturated heterocycles. The number of nitrogens with zero attached hydrogens (tertiary/aromatic N) is 4. The van der Waals surface area contributed by atoms with E-state index in [1.54, 1.807) is 24.5 Å². The first kappa shape index (κ1) is 17.6. The first-order valence-electron chi connectivity index (χ1n) is 7.91. The normalized spacial score (nSPS) is 11.6. The van der Waals surface area contributed by atoms with Gasteiger partial charge in [0.1, 0.15) is 5.82 Å². The van der Waals surface area contributed by atoms with Crippen LogP contribution in [0.2, 0.25) is 0 Å².